The Bertz CT molecular complexity index is 1690. The van der Waals surface area contributed by atoms with Gasteiger partial charge in [0.25, 0.3) is 0 Å². The minimum Gasteiger partial charge on any atom is -0.0616 e. The molecule has 0 spiro atoms. The lowest BCUT2D eigenvalue weighted by atomic mass is 10.1. The molecule has 0 fully saturated rings. The molecule has 0 saturated carbocycles. The van der Waals surface area contributed by atoms with Crippen molar-refractivity contribution < 1.29 is 0 Å². The van der Waals surface area contributed by atoms with Crippen LogP contribution in [0.4, 0.5) is 0 Å². The minimum atomic E-state index is -0.832. The normalized spacial score (nSPS) is 11.6. The maximum Gasteiger partial charge on any atom is -0.00611 e. The van der Waals surface area contributed by atoms with Crippen LogP contribution in [0.25, 0.3) is 10.8 Å². The molecule has 44 heavy (non-hydrogen) atoms. The maximum atomic E-state index is 2.53. The van der Waals surface area contributed by atoms with E-state index in [4.69, 9.17) is 0 Å². The van der Waals surface area contributed by atoms with Gasteiger partial charge in [0.05, 0.1) is 0 Å². The average Bonchev–Trinajstić information content (AvgIpc) is 2.91. The van der Waals surface area contributed by atoms with Gasteiger partial charge in [0, 0.05) is 0 Å². The molecule has 0 bridgehead atoms. The van der Waals surface area contributed by atoms with Crippen LogP contribution in [0.2, 0.25) is 0 Å². The third kappa shape index (κ3) is 6.44. The summed E-state index contributed by atoms with van der Waals surface area (Å²) >= 11 is 0. The molecule has 0 aromatic heterocycles. The number of fused-ring (bicyclic) bond motifs is 1. The first-order chi connectivity index (χ1) is 21.0. The molecule has 0 N–H and O–H groups in total. The summed E-state index contributed by atoms with van der Waals surface area (Å²) in [5, 5.41) is 11.3. The fraction of sp³-hybridized carbons (Fsp3) is 0.190. The van der Waals surface area contributed by atoms with Crippen LogP contribution in [0, 0.1) is 55.4 Å². The molecule has 0 heterocycles. The van der Waals surface area contributed by atoms with Crippen LogP contribution >= 0.6 is 15.8 Å². The first kappa shape index (κ1) is 30.5. The lowest BCUT2D eigenvalue weighted by Crippen LogP contribution is -2.35. The van der Waals surface area contributed by atoms with E-state index in [1.165, 1.54) is 87.1 Å². The zero-order chi connectivity index (χ0) is 31.1. The molecule has 0 unspecified atom stereocenters. The summed E-state index contributed by atoms with van der Waals surface area (Å²) in [4.78, 5) is 0. The summed E-state index contributed by atoms with van der Waals surface area (Å²) in [6.07, 6.45) is 0. The van der Waals surface area contributed by atoms with E-state index in [0.717, 1.165) is 0 Å². The third-order valence-electron chi connectivity index (χ3n) is 8.18. The number of hydrogen-bond acceptors (Lipinski definition) is 0. The second kappa shape index (κ2) is 12.4. The van der Waals surface area contributed by atoms with Crippen LogP contribution < -0.4 is 31.8 Å². The van der Waals surface area contributed by atoms with E-state index in [1.54, 1.807) is 0 Å². The van der Waals surface area contributed by atoms with Gasteiger partial charge in [-0.05, 0) is 126 Å². The molecule has 6 aromatic rings. The van der Waals surface area contributed by atoms with E-state index < -0.39 is 15.8 Å². The molecule has 6 aromatic carbocycles. The van der Waals surface area contributed by atoms with E-state index in [-0.39, 0.29) is 0 Å². The molecule has 0 amide bonds. The van der Waals surface area contributed by atoms with Gasteiger partial charge in [-0.3, -0.25) is 0 Å². The van der Waals surface area contributed by atoms with Crippen molar-refractivity contribution in [2.24, 2.45) is 0 Å². The van der Waals surface area contributed by atoms with Crippen LogP contribution in [-0.2, 0) is 0 Å². The lowest BCUT2D eigenvalue weighted by molar-refractivity contribution is 1.40. The highest BCUT2D eigenvalue weighted by atomic mass is 31.1. The Balaban J connectivity index is 1.75. The SMILES string of the molecule is Cc1cc(C)cc(P(c2cc(C)cc(C)c2)c2cc3ccccc3cc2P(c2cc(C)cc(C)c2)c2cc(C)cc(C)c2)c1. The first-order valence-electron chi connectivity index (χ1n) is 15.5. The van der Waals surface area contributed by atoms with Gasteiger partial charge in [-0.1, -0.05) is 142 Å². The van der Waals surface area contributed by atoms with Crippen molar-refractivity contribution in [2.45, 2.75) is 55.4 Å². The smallest absolute Gasteiger partial charge is 0.00611 e. The number of rotatable bonds is 6. The van der Waals surface area contributed by atoms with Crippen molar-refractivity contribution in [1.82, 2.24) is 0 Å². The highest BCUT2D eigenvalue weighted by Gasteiger charge is 2.28. The van der Waals surface area contributed by atoms with Crippen LogP contribution in [-0.4, -0.2) is 0 Å². The zero-order valence-corrected chi connectivity index (χ0v) is 29.1. The van der Waals surface area contributed by atoms with Gasteiger partial charge in [-0.25, -0.2) is 0 Å². The highest BCUT2D eigenvalue weighted by Crippen LogP contribution is 2.41. The molecular formula is C42H42P2. The Kier molecular flexibility index (Phi) is 8.61. The zero-order valence-electron chi connectivity index (χ0n) is 27.3. The Morgan fingerprint density at radius 1 is 0.295 bits per heavy atom. The van der Waals surface area contributed by atoms with Crippen LogP contribution in [0.5, 0.6) is 0 Å². The summed E-state index contributed by atoms with van der Waals surface area (Å²) in [5.41, 5.74) is 10.6. The Morgan fingerprint density at radius 3 is 0.750 bits per heavy atom. The van der Waals surface area contributed by atoms with Gasteiger partial charge in [0.15, 0.2) is 0 Å². The maximum absolute atomic E-state index is 2.53. The Labute approximate surface area is 266 Å². The molecule has 0 aliphatic rings. The molecule has 0 radical (unpaired) electrons. The van der Waals surface area contributed by atoms with Crippen LogP contribution in [0.1, 0.15) is 44.5 Å². The molecule has 0 saturated heterocycles. The molecule has 0 nitrogen and oxygen atoms in total. The van der Waals surface area contributed by atoms with Crippen LogP contribution in [0.3, 0.4) is 0 Å². The van der Waals surface area contributed by atoms with Crippen molar-refractivity contribution >= 4 is 58.4 Å². The van der Waals surface area contributed by atoms with E-state index in [2.05, 4.69) is 165 Å². The molecule has 0 aliphatic heterocycles. The first-order valence-corrected chi connectivity index (χ1v) is 18.2. The van der Waals surface area contributed by atoms with E-state index in [1.807, 2.05) is 0 Å². The summed E-state index contributed by atoms with van der Waals surface area (Å²) in [5.74, 6) is 0. The highest BCUT2D eigenvalue weighted by molar-refractivity contribution is 7.85. The molecule has 0 atom stereocenters. The Hall–Kier alpha value is -3.56. The number of benzene rings is 6. The van der Waals surface area contributed by atoms with E-state index >= 15 is 0 Å². The van der Waals surface area contributed by atoms with E-state index in [0.29, 0.717) is 0 Å². The third-order valence-corrected chi connectivity index (χ3v) is 13.2. The van der Waals surface area contributed by atoms with E-state index in [9.17, 15) is 0 Å². The summed E-state index contributed by atoms with van der Waals surface area (Å²) < 4.78 is 0. The second-order valence-corrected chi connectivity index (χ2v) is 17.1. The largest absolute Gasteiger partial charge is 0.0616 e. The molecule has 6 rings (SSSR count). The molecule has 2 heteroatoms. The molecular weight excluding hydrogens is 566 g/mol. The predicted molar refractivity (Wildman–Crippen MR) is 199 cm³/mol. The fourth-order valence-electron chi connectivity index (χ4n) is 6.75. The summed E-state index contributed by atoms with van der Waals surface area (Å²) in [6, 6.07) is 42.7. The van der Waals surface area contributed by atoms with Crippen molar-refractivity contribution in [3.63, 3.8) is 0 Å². The van der Waals surface area contributed by atoms with Crippen molar-refractivity contribution in [2.75, 3.05) is 0 Å². The van der Waals surface area contributed by atoms with Crippen molar-refractivity contribution in [3.05, 3.63) is 154 Å². The standard InChI is InChI=1S/C42H42P2/c1-27-13-28(2)18-37(17-27)43(38-19-29(3)14-30(4)20-38)41-25-35-11-9-10-12-36(35)26-42(41)44(39-21-31(5)15-32(6)22-39)40-23-33(7)16-34(8)24-40/h9-26H,1-8H3. The number of aryl methyl sites for hydroxylation is 8. The van der Waals surface area contributed by atoms with Crippen LogP contribution in [0.15, 0.2) is 109 Å². The van der Waals surface area contributed by atoms with Gasteiger partial charge in [0.2, 0.25) is 0 Å². The molecule has 0 aliphatic carbocycles. The van der Waals surface area contributed by atoms with Crippen molar-refractivity contribution in [3.8, 4) is 0 Å². The summed E-state index contributed by atoms with van der Waals surface area (Å²) in [7, 11) is -1.66. The van der Waals surface area contributed by atoms with Gasteiger partial charge in [0.1, 0.15) is 0 Å². The minimum absolute atomic E-state index is 0.832. The topological polar surface area (TPSA) is 0 Å². The van der Waals surface area contributed by atoms with Gasteiger partial charge >= 0.3 is 0 Å². The van der Waals surface area contributed by atoms with Gasteiger partial charge < -0.3 is 0 Å². The number of hydrogen-bond donors (Lipinski definition) is 0. The quantitative estimate of drug-likeness (QED) is 0.166. The monoisotopic (exact) mass is 608 g/mol. The average molecular weight is 609 g/mol. The lowest BCUT2D eigenvalue weighted by Gasteiger charge is -2.29. The van der Waals surface area contributed by atoms with Crippen molar-refractivity contribution in [1.29, 1.82) is 0 Å². The summed E-state index contributed by atoms with van der Waals surface area (Å²) in [6.45, 7) is 17.9. The van der Waals surface area contributed by atoms with Gasteiger partial charge in [-0.15, -0.1) is 0 Å². The van der Waals surface area contributed by atoms with Gasteiger partial charge in [-0.2, -0.15) is 0 Å². The second-order valence-electron chi connectivity index (χ2n) is 12.7. The fourth-order valence-corrected chi connectivity index (χ4v) is 12.8. The Morgan fingerprint density at radius 2 is 0.523 bits per heavy atom. The predicted octanol–water partition coefficient (Wildman–Crippen LogP) is 8.82. The molecule has 220 valence electrons.